The highest BCUT2D eigenvalue weighted by molar-refractivity contribution is 7.90. The largest absolute Gasteiger partial charge is 0.274 e. The summed E-state index contributed by atoms with van der Waals surface area (Å²) in [6.45, 7) is 3.73. The molecule has 0 heterocycles. The van der Waals surface area contributed by atoms with Gasteiger partial charge in [-0.2, -0.15) is 0 Å². The van der Waals surface area contributed by atoms with Crippen molar-refractivity contribution >= 4 is 27.5 Å². The molecule has 6 heteroatoms. The van der Waals surface area contributed by atoms with Crippen LogP contribution in [0, 0.1) is 13.8 Å². The third-order valence-electron chi connectivity index (χ3n) is 3.59. The minimum Gasteiger partial charge on any atom is -0.274 e. The number of amides is 1. The molecule has 0 atom stereocenters. The fourth-order valence-corrected chi connectivity index (χ4v) is 3.27. The molecule has 0 aliphatic rings. The van der Waals surface area contributed by atoms with Gasteiger partial charge in [-0.3, -0.25) is 4.79 Å². The number of benzene rings is 2. The number of rotatable bonds is 5. The molecule has 0 aromatic heterocycles. The van der Waals surface area contributed by atoms with Crippen LogP contribution in [0.2, 0.25) is 5.02 Å². The van der Waals surface area contributed by atoms with E-state index in [4.69, 9.17) is 11.6 Å². The first kappa shape index (κ1) is 17.5. The highest BCUT2D eigenvalue weighted by atomic mass is 35.5. The Bertz CT molecular complexity index is 814. The summed E-state index contributed by atoms with van der Waals surface area (Å²) in [5.41, 5.74) is 2.78. The average molecular weight is 352 g/mol. The van der Waals surface area contributed by atoms with Gasteiger partial charge in [0.05, 0.1) is 4.90 Å². The van der Waals surface area contributed by atoms with Gasteiger partial charge in [-0.05, 0) is 61.2 Å². The van der Waals surface area contributed by atoms with Crippen molar-refractivity contribution in [1.82, 2.24) is 4.72 Å². The Morgan fingerprint density at radius 3 is 2.30 bits per heavy atom. The van der Waals surface area contributed by atoms with Crippen molar-refractivity contribution in [2.24, 2.45) is 0 Å². The summed E-state index contributed by atoms with van der Waals surface area (Å²) in [6.07, 6.45) is 0.539. The standard InChI is InChI=1S/C17H18ClNO3S/c1-12-3-9-16(11-13(12)2)23(21,22)19-17(20)10-6-14-4-7-15(18)8-5-14/h3-5,7-9,11H,6,10H2,1-2H3,(H,19,20). The first-order valence-electron chi connectivity index (χ1n) is 7.15. The summed E-state index contributed by atoms with van der Waals surface area (Å²) in [6, 6.07) is 11.9. The van der Waals surface area contributed by atoms with E-state index in [1.165, 1.54) is 6.07 Å². The summed E-state index contributed by atoms with van der Waals surface area (Å²) < 4.78 is 26.5. The number of nitrogens with one attached hydrogen (secondary N) is 1. The van der Waals surface area contributed by atoms with E-state index < -0.39 is 15.9 Å². The van der Waals surface area contributed by atoms with Crippen LogP contribution in [-0.4, -0.2) is 14.3 Å². The van der Waals surface area contributed by atoms with Crippen LogP contribution in [0.4, 0.5) is 0 Å². The van der Waals surface area contributed by atoms with Gasteiger partial charge in [0.1, 0.15) is 0 Å². The van der Waals surface area contributed by atoms with E-state index in [1.807, 2.05) is 26.0 Å². The summed E-state index contributed by atoms with van der Waals surface area (Å²) >= 11 is 5.79. The summed E-state index contributed by atoms with van der Waals surface area (Å²) in [7, 11) is -3.83. The summed E-state index contributed by atoms with van der Waals surface area (Å²) in [5.74, 6) is -0.529. The molecule has 0 aliphatic carbocycles. The van der Waals surface area contributed by atoms with Crippen molar-refractivity contribution < 1.29 is 13.2 Å². The molecule has 0 saturated heterocycles. The van der Waals surface area contributed by atoms with E-state index in [-0.39, 0.29) is 11.3 Å². The highest BCUT2D eigenvalue weighted by Gasteiger charge is 2.17. The molecule has 0 bridgehead atoms. The van der Waals surface area contributed by atoms with Crippen molar-refractivity contribution in [3.63, 3.8) is 0 Å². The number of hydrogen-bond acceptors (Lipinski definition) is 3. The summed E-state index contributed by atoms with van der Waals surface area (Å²) in [5, 5.41) is 0.621. The molecule has 2 rings (SSSR count). The molecule has 122 valence electrons. The molecule has 0 aliphatic heterocycles. The molecule has 0 fully saturated rings. The minimum atomic E-state index is -3.83. The molecule has 23 heavy (non-hydrogen) atoms. The Labute approximate surface area is 141 Å². The molecule has 0 spiro atoms. The molecule has 2 aromatic carbocycles. The van der Waals surface area contributed by atoms with Crippen LogP contribution in [-0.2, 0) is 21.2 Å². The Kier molecular flexibility index (Phi) is 5.44. The fourth-order valence-electron chi connectivity index (χ4n) is 2.05. The molecular weight excluding hydrogens is 334 g/mol. The van der Waals surface area contributed by atoms with Gasteiger partial charge in [-0.15, -0.1) is 0 Å². The Hall–Kier alpha value is -1.85. The number of sulfonamides is 1. The number of aryl methyl sites for hydroxylation is 3. The zero-order valence-corrected chi connectivity index (χ0v) is 14.5. The number of halogens is 1. The second-order valence-corrected chi connectivity index (χ2v) is 7.52. The van der Waals surface area contributed by atoms with Crippen LogP contribution in [0.5, 0.6) is 0 Å². The van der Waals surface area contributed by atoms with Gasteiger partial charge in [-0.1, -0.05) is 29.8 Å². The third-order valence-corrected chi connectivity index (χ3v) is 5.21. The molecule has 4 nitrogen and oxygen atoms in total. The van der Waals surface area contributed by atoms with Crippen molar-refractivity contribution in [3.8, 4) is 0 Å². The van der Waals surface area contributed by atoms with Crippen LogP contribution in [0.1, 0.15) is 23.1 Å². The zero-order valence-electron chi connectivity index (χ0n) is 13.0. The van der Waals surface area contributed by atoms with Crippen LogP contribution in [0.25, 0.3) is 0 Å². The number of carbonyl (C=O) groups excluding carboxylic acids is 1. The minimum absolute atomic E-state index is 0.0890. The van der Waals surface area contributed by atoms with Gasteiger partial charge in [0.2, 0.25) is 5.91 Å². The van der Waals surface area contributed by atoms with Gasteiger partial charge in [-0.25, -0.2) is 13.1 Å². The topological polar surface area (TPSA) is 63.2 Å². The van der Waals surface area contributed by atoms with Gasteiger partial charge in [0.25, 0.3) is 10.0 Å². The van der Waals surface area contributed by atoms with E-state index in [0.29, 0.717) is 11.4 Å². The predicted molar refractivity (Wildman–Crippen MR) is 91.0 cm³/mol. The summed E-state index contributed by atoms with van der Waals surface area (Å²) in [4.78, 5) is 12.0. The third kappa shape index (κ3) is 4.81. The van der Waals surface area contributed by atoms with Crippen LogP contribution in [0.3, 0.4) is 0 Å². The van der Waals surface area contributed by atoms with Crippen molar-refractivity contribution in [1.29, 1.82) is 0 Å². The number of carbonyl (C=O) groups is 1. The lowest BCUT2D eigenvalue weighted by Crippen LogP contribution is -2.30. The van der Waals surface area contributed by atoms with Crippen molar-refractivity contribution in [2.75, 3.05) is 0 Å². The Morgan fingerprint density at radius 1 is 1.04 bits per heavy atom. The van der Waals surface area contributed by atoms with Gasteiger partial charge < -0.3 is 0 Å². The maximum atomic E-state index is 12.2. The monoisotopic (exact) mass is 351 g/mol. The molecule has 0 unspecified atom stereocenters. The van der Waals surface area contributed by atoms with Gasteiger partial charge >= 0.3 is 0 Å². The van der Waals surface area contributed by atoms with Crippen LogP contribution >= 0.6 is 11.6 Å². The predicted octanol–water partition coefficient (Wildman–Crippen LogP) is 3.39. The second kappa shape index (κ2) is 7.15. The molecule has 1 amide bonds. The normalized spacial score (nSPS) is 11.3. The van der Waals surface area contributed by atoms with Crippen LogP contribution in [0.15, 0.2) is 47.4 Å². The molecular formula is C17H18ClNO3S. The highest BCUT2D eigenvalue weighted by Crippen LogP contribution is 2.15. The van der Waals surface area contributed by atoms with E-state index in [1.54, 1.807) is 24.3 Å². The average Bonchev–Trinajstić information content (AvgIpc) is 2.49. The van der Waals surface area contributed by atoms with E-state index in [0.717, 1.165) is 16.7 Å². The number of hydrogen-bond donors (Lipinski definition) is 1. The smallest absolute Gasteiger partial charge is 0.264 e. The Balaban J connectivity index is 2.00. The lowest BCUT2D eigenvalue weighted by Gasteiger charge is -2.09. The van der Waals surface area contributed by atoms with Crippen molar-refractivity contribution in [3.05, 3.63) is 64.2 Å². The Morgan fingerprint density at radius 2 is 1.70 bits per heavy atom. The van der Waals surface area contributed by atoms with E-state index >= 15 is 0 Å². The van der Waals surface area contributed by atoms with E-state index in [9.17, 15) is 13.2 Å². The molecule has 2 aromatic rings. The van der Waals surface area contributed by atoms with E-state index in [2.05, 4.69) is 4.72 Å². The lowest BCUT2D eigenvalue weighted by molar-refractivity contribution is -0.119. The second-order valence-electron chi connectivity index (χ2n) is 5.40. The quantitative estimate of drug-likeness (QED) is 0.898. The first-order chi connectivity index (χ1) is 10.8. The molecule has 1 N–H and O–H groups in total. The van der Waals surface area contributed by atoms with Crippen LogP contribution < -0.4 is 4.72 Å². The van der Waals surface area contributed by atoms with Gasteiger partial charge in [0, 0.05) is 11.4 Å². The fraction of sp³-hybridized carbons (Fsp3) is 0.235. The molecule has 0 radical (unpaired) electrons. The van der Waals surface area contributed by atoms with Gasteiger partial charge in [0.15, 0.2) is 0 Å². The maximum Gasteiger partial charge on any atom is 0.264 e. The SMILES string of the molecule is Cc1ccc(S(=O)(=O)NC(=O)CCc2ccc(Cl)cc2)cc1C. The maximum absolute atomic E-state index is 12.2. The molecule has 0 saturated carbocycles. The lowest BCUT2D eigenvalue weighted by atomic mass is 10.1. The zero-order chi connectivity index (χ0) is 17.0. The van der Waals surface area contributed by atoms with Crippen molar-refractivity contribution in [2.45, 2.75) is 31.6 Å². The first-order valence-corrected chi connectivity index (χ1v) is 9.01.